The Balaban J connectivity index is 1.57. The fraction of sp³-hybridized carbons (Fsp3) is 0.667. The average molecular weight is 289 g/mol. The summed E-state index contributed by atoms with van der Waals surface area (Å²) in [6.45, 7) is 2.06. The van der Waals surface area contributed by atoms with Crippen molar-refractivity contribution >= 4 is 11.7 Å². The fourth-order valence-electron chi connectivity index (χ4n) is 3.08. The summed E-state index contributed by atoms with van der Waals surface area (Å²) in [6, 6.07) is 4.17. The van der Waals surface area contributed by atoms with Crippen molar-refractivity contribution in [3.63, 3.8) is 0 Å². The van der Waals surface area contributed by atoms with Crippen molar-refractivity contribution in [1.29, 1.82) is 0 Å². The smallest absolute Gasteiger partial charge is 0.272 e. The number of hydrogen-bond acceptors (Lipinski definition) is 5. The van der Waals surface area contributed by atoms with Gasteiger partial charge in [-0.3, -0.25) is 4.79 Å². The molecule has 114 valence electrons. The molecule has 0 unspecified atom stereocenters. The van der Waals surface area contributed by atoms with E-state index in [-0.39, 0.29) is 18.0 Å². The highest BCUT2D eigenvalue weighted by molar-refractivity contribution is 5.92. The zero-order chi connectivity index (χ0) is 14.7. The van der Waals surface area contributed by atoms with Crippen LogP contribution in [-0.2, 0) is 0 Å². The first-order valence-corrected chi connectivity index (χ1v) is 7.87. The normalized spacial score (nSPS) is 25.9. The second kappa shape index (κ2) is 6.39. The van der Waals surface area contributed by atoms with E-state index in [1.54, 1.807) is 6.07 Å². The molecule has 1 aliphatic carbocycles. The molecule has 2 fully saturated rings. The van der Waals surface area contributed by atoms with Crippen LogP contribution in [-0.4, -0.2) is 41.3 Å². The molecule has 1 aliphatic heterocycles. The van der Waals surface area contributed by atoms with Gasteiger partial charge in [0.15, 0.2) is 11.5 Å². The molecule has 0 radical (unpaired) electrons. The van der Waals surface area contributed by atoms with E-state index in [9.17, 15) is 4.79 Å². The highest BCUT2D eigenvalue weighted by atomic mass is 16.2. The van der Waals surface area contributed by atoms with Gasteiger partial charge in [0.2, 0.25) is 0 Å². The summed E-state index contributed by atoms with van der Waals surface area (Å²) in [6.07, 6.45) is 6.26. The van der Waals surface area contributed by atoms with E-state index in [2.05, 4.69) is 20.4 Å². The summed E-state index contributed by atoms with van der Waals surface area (Å²) in [7, 11) is 0. The minimum Gasteiger partial charge on any atom is -0.355 e. The van der Waals surface area contributed by atoms with Crippen LogP contribution in [0.2, 0.25) is 0 Å². The van der Waals surface area contributed by atoms with Crippen LogP contribution in [0.3, 0.4) is 0 Å². The Kier molecular flexibility index (Phi) is 4.34. The molecule has 1 amide bonds. The number of anilines is 1. The molecule has 6 nitrogen and oxygen atoms in total. The number of nitrogens with zero attached hydrogens (tertiary/aromatic N) is 3. The van der Waals surface area contributed by atoms with Crippen LogP contribution in [0.1, 0.15) is 49.0 Å². The van der Waals surface area contributed by atoms with Crippen molar-refractivity contribution in [1.82, 2.24) is 15.5 Å². The van der Waals surface area contributed by atoms with Gasteiger partial charge in [0.05, 0.1) is 0 Å². The van der Waals surface area contributed by atoms with Gasteiger partial charge in [-0.05, 0) is 50.7 Å². The monoisotopic (exact) mass is 289 g/mol. The van der Waals surface area contributed by atoms with Crippen LogP contribution in [0.5, 0.6) is 0 Å². The Bertz CT molecular complexity index is 475. The minimum atomic E-state index is -0.129. The topological polar surface area (TPSA) is 84.1 Å². The predicted molar refractivity (Wildman–Crippen MR) is 81.2 cm³/mol. The number of aromatic nitrogens is 2. The minimum absolute atomic E-state index is 0.129. The van der Waals surface area contributed by atoms with Crippen LogP contribution in [0, 0.1) is 0 Å². The van der Waals surface area contributed by atoms with Gasteiger partial charge >= 0.3 is 0 Å². The summed E-state index contributed by atoms with van der Waals surface area (Å²) >= 11 is 0. The van der Waals surface area contributed by atoms with E-state index >= 15 is 0 Å². The Morgan fingerprint density at radius 3 is 2.48 bits per heavy atom. The van der Waals surface area contributed by atoms with E-state index in [0.717, 1.165) is 44.6 Å². The molecule has 0 aromatic carbocycles. The molecule has 1 aromatic heterocycles. The molecule has 1 aromatic rings. The first-order valence-electron chi connectivity index (χ1n) is 7.87. The number of carbonyl (C=O) groups is 1. The second-order valence-corrected chi connectivity index (χ2v) is 6.06. The predicted octanol–water partition coefficient (Wildman–Crippen LogP) is 1.08. The third-order valence-corrected chi connectivity index (χ3v) is 4.42. The van der Waals surface area contributed by atoms with Gasteiger partial charge in [-0.2, -0.15) is 0 Å². The number of rotatable bonds is 3. The quantitative estimate of drug-likeness (QED) is 0.869. The van der Waals surface area contributed by atoms with E-state index < -0.39 is 0 Å². The molecule has 2 heterocycles. The molecule has 21 heavy (non-hydrogen) atoms. The molecule has 1 saturated carbocycles. The van der Waals surface area contributed by atoms with Gasteiger partial charge in [0.1, 0.15) is 0 Å². The van der Waals surface area contributed by atoms with Crippen molar-refractivity contribution < 1.29 is 4.79 Å². The van der Waals surface area contributed by atoms with Gasteiger partial charge < -0.3 is 16.0 Å². The maximum atomic E-state index is 12.2. The summed E-state index contributed by atoms with van der Waals surface area (Å²) < 4.78 is 0. The lowest BCUT2D eigenvalue weighted by Crippen LogP contribution is -2.40. The van der Waals surface area contributed by atoms with E-state index in [0.29, 0.717) is 5.69 Å². The van der Waals surface area contributed by atoms with Crippen molar-refractivity contribution in [2.45, 2.75) is 50.6 Å². The van der Waals surface area contributed by atoms with Gasteiger partial charge in [0.25, 0.3) is 5.91 Å². The molecule has 2 aliphatic rings. The van der Waals surface area contributed by atoms with Gasteiger partial charge in [-0.15, -0.1) is 10.2 Å². The Morgan fingerprint density at radius 1 is 1.14 bits per heavy atom. The summed E-state index contributed by atoms with van der Waals surface area (Å²) in [4.78, 5) is 14.4. The zero-order valence-electron chi connectivity index (χ0n) is 12.3. The van der Waals surface area contributed by atoms with Crippen molar-refractivity contribution in [3.05, 3.63) is 17.8 Å². The van der Waals surface area contributed by atoms with Crippen molar-refractivity contribution in [3.8, 4) is 0 Å². The fourth-order valence-corrected chi connectivity index (χ4v) is 3.08. The third-order valence-electron chi connectivity index (χ3n) is 4.42. The summed E-state index contributed by atoms with van der Waals surface area (Å²) in [5, 5.41) is 11.3. The van der Waals surface area contributed by atoms with Crippen LogP contribution < -0.4 is 16.0 Å². The van der Waals surface area contributed by atoms with E-state index in [1.165, 1.54) is 12.8 Å². The molecule has 3 N–H and O–H groups in total. The van der Waals surface area contributed by atoms with Crippen molar-refractivity contribution in [2.75, 3.05) is 18.0 Å². The molecule has 1 saturated heterocycles. The highest BCUT2D eigenvalue weighted by Gasteiger charge is 2.21. The first-order chi connectivity index (χ1) is 10.2. The number of amides is 1. The molecule has 3 rings (SSSR count). The molecule has 0 atom stereocenters. The second-order valence-electron chi connectivity index (χ2n) is 6.06. The lowest BCUT2D eigenvalue weighted by molar-refractivity contribution is 0.0920. The molecular formula is C15H23N5O. The summed E-state index contributed by atoms with van der Waals surface area (Å²) in [5.74, 6) is 0.739. The lowest BCUT2D eigenvalue weighted by atomic mass is 9.92. The third kappa shape index (κ3) is 3.50. The molecule has 0 bridgehead atoms. The zero-order valence-corrected chi connectivity index (χ0v) is 12.3. The van der Waals surface area contributed by atoms with Crippen LogP contribution in [0.25, 0.3) is 0 Å². The van der Waals surface area contributed by atoms with Crippen molar-refractivity contribution in [2.24, 2.45) is 5.73 Å². The van der Waals surface area contributed by atoms with Gasteiger partial charge in [0, 0.05) is 25.2 Å². The maximum Gasteiger partial charge on any atom is 0.272 e. The number of carbonyl (C=O) groups excluding carboxylic acids is 1. The number of hydrogen-bond donors (Lipinski definition) is 2. The van der Waals surface area contributed by atoms with E-state index in [4.69, 9.17) is 5.73 Å². The molecule has 6 heteroatoms. The van der Waals surface area contributed by atoms with Gasteiger partial charge in [-0.1, -0.05) is 0 Å². The number of nitrogens with one attached hydrogen (secondary N) is 1. The molecular weight excluding hydrogens is 266 g/mol. The Labute approximate surface area is 125 Å². The summed E-state index contributed by atoms with van der Waals surface area (Å²) in [5.41, 5.74) is 6.27. The van der Waals surface area contributed by atoms with Crippen LogP contribution >= 0.6 is 0 Å². The Hall–Kier alpha value is -1.69. The maximum absolute atomic E-state index is 12.2. The lowest BCUT2D eigenvalue weighted by Gasteiger charge is -2.26. The standard InChI is InChI=1S/C15H23N5O/c16-11-3-5-12(6-4-11)17-15(21)13-7-8-14(19-18-13)20-9-1-2-10-20/h7-8,11-12H,1-6,9-10,16H2,(H,17,21). The first kappa shape index (κ1) is 14.3. The van der Waals surface area contributed by atoms with Crippen LogP contribution in [0.15, 0.2) is 12.1 Å². The average Bonchev–Trinajstić information content (AvgIpc) is 3.04. The SMILES string of the molecule is NC1CCC(NC(=O)c2ccc(N3CCCC3)nn2)CC1. The van der Waals surface area contributed by atoms with Gasteiger partial charge in [-0.25, -0.2) is 0 Å². The highest BCUT2D eigenvalue weighted by Crippen LogP contribution is 2.18. The largest absolute Gasteiger partial charge is 0.355 e. The van der Waals surface area contributed by atoms with Crippen LogP contribution in [0.4, 0.5) is 5.82 Å². The number of nitrogens with two attached hydrogens (primary N) is 1. The molecule has 0 spiro atoms. The Morgan fingerprint density at radius 2 is 1.86 bits per heavy atom. The van der Waals surface area contributed by atoms with E-state index in [1.807, 2.05) is 6.07 Å².